The summed E-state index contributed by atoms with van der Waals surface area (Å²) < 4.78 is 5.36. The van der Waals surface area contributed by atoms with E-state index in [4.69, 9.17) is 21.1 Å². The maximum Gasteiger partial charge on any atom is 0.278 e. The molecule has 1 heterocycles. The Balaban J connectivity index is 1.82. The van der Waals surface area contributed by atoms with Crippen LogP contribution in [0.25, 0.3) is 11.3 Å². The van der Waals surface area contributed by atoms with Crippen LogP contribution < -0.4 is 5.32 Å². The number of nitrogens with zero attached hydrogens (tertiary/aromatic N) is 1. The number of anilines is 1. The predicted molar refractivity (Wildman–Crippen MR) is 92.1 cm³/mol. The number of amides is 1. The van der Waals surface area contributed by atoms with Crippen molar-refractivity contribution in [2.24, 2.45) is 0 Å². The fourth-order valence-corrected chi connectivity index (χ4v) is 2.54. The third kappa shape index (κ3) is 3.48. The Morgan fingerprint density at radius 2 is 1.92 bits per heavy atom. The number of carbonyl (C=O) groups excluding carboxylic acids is 1. The third-order valence-electron chi connectivity index (χ3n) is 3.51. The highest BCUT2D eigenvalue weighted by Crippen LogP contribution is 2.30. The average Bonchev–Trinajstić information content (AvgIpc) is 3.07. The summed E-state index contributed by atoms with van der Waals surface area (Å²) in [6.07, 6.45) is 1.80. The van der Waals surface area contributed by atoms with Gasteiger partial charge in [-0.15, -0.1) is 0 Å². The molecule has 3 aromatic rings. The highest BCUT2D eigenvalue weighted by Gasteiger charge is 2.20. The molecule has 1 aromatic heterocycles. The lowest BCUT2D eigenvalue weighted by Gasteiger charge is -2.06. The Labute approximate surface area is 143 Å². The Morgan fingerprint density at radius 3 is 2.62 bits per heavy atom. The molecule has 0 aliphatic heterocycles. The molecular formula is C18H15ClN2O3. The van der Waals surface area contributed by atoms with Crippen LogP contribution in [0.1, 0.15) is 16.1 Å². The summed E-state index contributed by atoms with van der Waals surface area (Å²) in [4.78, 5) is 16.5. The molecule has 5 nitrogen and oxygen atoms in total. The van der Waals surface area contributed by atoms with Crippen molar-refractivity contribution in [1.29, 1.82) is 0 Å². The van der Waals surface area contributed by atoms with Crippen LogP contribution in [-0.4, -0.2) is 22.6 Å². The molecule has 122 valence electrons. The third-order valence-corrected chi connectivity index (χ3v) is 3.84. The van der Waals surface area contributed by atoms with E-state index in [0.717, 1.165) is 5.56 Å². The van der Waals surface area contributed by atoms with Crippen molar-refractivity contribution in [3.8, 4) is 11.3 Å². The minimum Gasteiger partial charge on any atom is -0.443 e. The van der Waals surface area contributed by atoms with Crippen LogP contribution in [0, 0.1) is 0 Å². The molecule has 0 saturated carbocycles. The SMILES string of the molecule is O=C(Nc1ccc(CCO)cc1)c1ncoc1-c1ccccc1Cl. The molecule has 0 fully saturated rings. The van der Waals surface area contributed by atoms with E-state index in [2.05, 4.69) is 10.3 Å². The lowest BCUT2D eigenvalue weighted by atomic mass is 10.1. The van der Waals surface area contributed by atoms with Crippen LogP contribution in [0.2, 0.25) is 5.02 Å². The smallest absolute Gasteiger partial charge is 0.278 e. The van der Waals surface area contributed by atoms with Gasteiger partial charge in [-0.25, -0.2) is 4.98 Å². The topological polar surface area (TPSA) is 75.4 Å². The van der Waals surface area contributed by atoms with Crippen molar-refractivity contribution in [2.45, 2.75) is 6.42 Å². The zero-order valence-corrected chi connectivity index (χ0v) is 13.5. The molecule has 0 unspecified atom stereocenters. The zero-order chi connectivity index (χ0) is 16.9. The number of aromatic nitrogens is 1. The van der Waals surface area contributed by atoms with Crippen LogP contribution in [0.15, 0.2) is 59.3 Å². The normalized spacial score (nSPS) is 10.6. The Hall–Kier alpha value is -2.63. The minimum atomic E-state index is -0.381. The van der Waals surface area contributed by atoms with Crippen LogP contribution in [0.4, 0.5) is 5.69 Å². The number of hydrogen-bond donors (Lipinski definition) is 2. The Morgan fingerprint density at radius 1 is 1.17 bits per heavy atom. The molecular weight excluding hydrogens is 328 g/mol. The van der Waals surface area contributed by atoms with E-state index in [1.54, 1.807) is 30.3 Å². The molecule has 0 radical (unpaired) electrons. The van der Waals surface area contributed by atoms with Gasteiger partial charge in [-0.3, -0.25) is 4.79 Å². The fourth-order valence-electron chi connectivity index (χ4n) is 2.32. The van der Waals surface area contributed by atoms with Crippen LogP contribution in [0.3, 0.4) is 0 Å². The van der Waals surface area contributed by atoms with Gasteiger partial charge in [0.15, 0.2) is 17.8 Å². The van der Waals surface area contributed by atoms with Crippen molar-refractivity contribution in [1.82, 2.24) is 4.98 Å². The summed E-state index contributed by atoms with van der Waals surface area (Å²) in [5, 5.41) is 12.2. The standard InChI is InChI=1S/C18H15ClN2O3/c19-15-4-2-1-3-14(15)17-16(20-11-24-17)18(23)21-13-7-5-12(6-8-13)9-10-22/h1-8,11,22H,9-10H2,(H,21,23). The van der Waals surface area contributed by atoms with E-state index in [-0.39, 0.29) is 18.2 Å². The van der Waals surface area contributed by atoms with Gasteiger partial charge in [0, 0.05) is 17.9 Å². The Bertz CT molecular complexity index is 843. The van der Waals surface area contributed by atoms with Crippen molar-refractivity contribution in [3.05, 3.63) is 71.2 Å². The molecule has 2 N–H and O–H groups in total. The number of aliphatic hydroxyl groups excluding tert-OH is 1. The number of halogens is 1. The number of rotatable bonds is 5. The summed E-state index contributed by atoms with van der Waals surface area (Å²) in [6.45, 7) is 0.0891. The summed E-state index contributed by atoms with van der Waals surface area (Å²) in [6, 6.07) is 14.4. The van der Waals surface area contributed by atoms with Gasteiger partial charge in [0.25, 0.3) is 5.91 Å². The highest BCUT2D eigenvalue weighted by molar-refractivity contribution is 6.33. The van der Waals surface area contributed by atoms with Gasteiger partial charge in [-0.2, -0.15) is 0 Å². The van der Waals surface area contributed by atoms with Crippen molar-refractivity contribution in [3.63, 3.8) is 0 Å². The quantitative estimate of drug-likeness (QED) is 0.739. The van der Waals surface area contributed by atoms with Gasteiger partial charge >= 0.3 is 0 Å². The minimum absolute atomic E-state index is 0.0891. The van der Waals surface area contributed by atoms with E-state index in [0.29, 0.717) is 28.5 Å². The predicted octanol–water partition coefficient (Wildman–Crippen LogP) is 3.78. The molecule has 0 saturated heterocycles. The van der Waals surface area contributed by atoms with Gasteiger partial charge < -0.3 is 14.8 Å². The number of aliphatic hydroxyl groups is 1. The monoisotopic (exact) mass is 342 g/mol. The van der Waals surface area contributed by atoms with E-state index in [1.807, 2.05) is 18.2 Å². The van der Waals surface area contributed by atoms with Crippen LogP contribution in [-0.2, 0) is 6.42 Å². The lowest BCUT2D eigenvalue weighted by molar-refractivity contribution is 0.102. The molecule has 1 amide bonds. The first-order valence-corrected chi connectivity index (χ1v) is 7.76. The Kier molecular flexibility index (Phi) is 4.93. The van der Waals surface area contributed by atoms with Crippen molar-refractivity contribution in [2.75, 3.05) is 11.9 Å². The van der Waals surface area contributed by atoms with E-state index < -0.39 is 0 Å². The molecule has 0 aliphatic rings. The average molecular weight is 343 g/mol. The summed E-state index contributed by atoms with van der Waals surface area (Å²) in [7, 11) is 0. The van der Waals surface area contributed by atoms with Crippen LogP contribution >= 0.6 is 11.6 Å². The highest BCUT2D eigenvalue weighted by atomic mass is 35.5. The number of carbonyl (C=O) groups is 1. The fraction of sp³-hybridized carbons (Fsp3) is 0.111. The molecule has 0 bridgehead atoms. The number of benzene rings is 2. The van der Waals surface area contributed by atoms with E-state index in [1.165, 1.54) is 6.39 Å². The summed E-state index contributed by atoms with van der Waals surface area (Å²) >= 11 is 6.16. The second-order valence-corrected chi connectivity index (χ2v) is 5.54. The largest absolute Gasteiger partial charge is 0.443 e. The molecule has 24 heavy (non-hydrogen) atoms. The molecule has 6 heteroatoms. The van der Waals surface area contributed by atoms with Gasteiger partial charge in [-0.1, -0.05) is 35.9 Å². The maximum absolute atomic E-state index is 12.5. The first kappa shape index (κ1) is 16.2. The van der Waals surface area contributed by atoms with Gasteiger partial charge in [0.05, 0.1) is 5.02 Å². The molecule has 0 atom stereocenters. The summed E-state index contributed by atoms with van der Waals surface area (Å²) in [5.74, 6) is -0.0522. The zero-order valence-electron chi connectivity index (χ0n) is 12.7. The second kappa shape index (κ2) is 7.29. The van der Waals surface area contributed by atoms with Crippen molar-refractivity contribution >= 4 is 23.2 Å². The molecule has 0 aliphatic carbocycles. The van der Waals surface area contributed by atoms with Gasteiger partial charge in [0.2, 0.25) is 0 Å². The van der Waals surface area contributed by atoms with Gasteiger partial charge in [0.1, 0.15) is 0 Å². The lowest BCUT2D eigenvalue weighted by Crippen LogP contribution is -2.13. The first-order valence-electron chi connectivity index (χ1n) is 7.38. The molecule has 3 rings (SSSR count). The van der Waals surface area contributed by atoms with Crippen molar-refractivity contribution < 1.29 is 14.3 Å². The summed E-state index contributed by atoms with van der Waals surface area (Å²) in [5.41, 5.74) is 2.41. The maximum atomic E-state index is 12.5. The number of hydrogen-bond acceptors (Lipinski definition) is 4. The van der Waals surface area contributed by atoms with Crippen LogP contribution in [0.5, 0.6) is 0 Å². The van der Waals surface area contributed by atoms with E-state index in [9.17, 15) is 4.79 Å². The molecule has 2 aromatic carbocycles. The second-order valence-electron chi connectivity index (χ2n) is 5.13. The van der Waals surface area contributed by atoms with Gasteiger partial charge in [-0.05, 0) is 36.2 Å². The number of oxazole rings is 1. The van der Waals surface area contributed by atoms with E-state index >= 15 is 0 Å². The molecule has 0 spiro atoms. The first-order chi connectivity index (χ1) is 11.7. The number of nitrogens with one attached hydrogen (secondary N) is 1.